The van der Waals surface area contributed by atoms with Crippen molar-refractivity contribution in [1.82, 2.24) is 0 Å². The normalized spacial score (nSPS) is 17.8. The molecular formula is C16H23FN2O. The number of nitrogens with one attached hydrogen (secondary N) is 1. The summed E-state index contributed by atoms with van der Waals surface area (Å²) in [6.45, 7) is 1.86. The van der Waals surface area contributed by atoms with Gasteiger partial charge in [-0.25, -0.2) is 4.39 Å². The van der Waals surface area contributed by atoms with E-state index in [-0.39, 0.29) is 11.6 Å². The summed E-state index contributed by atoms with van der Waals surface area (Å²) in [7, 11) is 0. The van der Waals surface area contributed by atoms with Crippen molar-refractivity contribution < 1.29 is 9.18 Å². The van der Waals surface area contributed by atoms with Crippen molar-refractivity contribution in [2.75, 3.05) is 5.32 Å². The Kier molecular flexibility index (Phi) is 5.12. The van der Waals surface area contributed by atoms with Crippen LogP contribution in [-0.4, -0.2) is 11.9 Å². The molecule has 1 atom stereocenters. The van der Waals surface area contributed by atoms with E-state index in [1.165, 1.54) is 25.3 Å². The quantitative estimate of drug-likeness (QED) is 0.887. The SMILES string of the molecule is Cc1ccc(F)c(NC(=O)C(N)CC2CCCCC2)c1. The lowest BCUT2D eigenvalue weighted by Crippen LogP contribution is -2.37. The molecule has 3 N–H and O–H groups in total. The monoisotopic (exact) mass is 278 g/mol. The van der Waals surface area contributed by atoms with E-state index in [1.54, 1.807) is 12.1 Å². The maximum atomic E-state index is 13.6. The number of hydrogen-bond donors (Lipinski definition) is 2. The third-order valence-corrected chi connectivity index (χ3v) is 4.03. The minimum Gasteiger partial charge on any atom is -0.322 e. The fourth-order valence-electron chi connectivity index (χ4n) is 2.85. The van der Waals surface area contributed by atoms with Crippen LogP contribution in [0.15, 0.2) is 18.2 Å². The molecule has 1 saturated carbocycles. The minimum atomic E-state index is -0.557. The van der Waals surface area contributed by atoms with Gasteiger partial charge in [0.2, 0.25) is 5.91 Å². The van der Waals surface area contributed by atoms with Crippen LogP contribution in [0.5, 0.6) is 0 Å². The Morgan fingerprint density at radius 2 is 2.10 bits per heavy atom. The predicted molar refractivity (Wildman–Crippen MR) is 78.9 cm³/mol. The first-order valence-electron chi connectivity index (χ1n) is 7.39. The van der Waals surface area contributed by atoms with Gasteiger partial charge in [-0.2, -0.15) is 0 Å². The number of aryl methyl sites for hydroxylation is 1. The van der Waals surface area contributed by atoms with Crippen LogP contribution >= 0.6 is 0 Å². The zero-order valence-corrected chi connectivity index (χ0v) is 12.0. The molecular weight excluding hydrogens is 255 g/mol. The topological polar surface area (TPSA) is 55.1 Å². The van der Waals surface area contributed by atoms with Gasteiger partial charge in [-0.15, -0.1) is 0 Å². The summed E-state index contributed by atoms with van der Waals surface area (Å²) < 4.78 is 13.6. The van der Waals surface area contributed by atoms with Crippen molar-refractivity contribution in [1.29, 1.82) is 0 Å². The fraction of sp³-hybridized carbons (Fsp3) is 0.562. The standard InChI is InChI=1S/C16H23FN2O/c1-11-7-8-13(17)15(9-11)19-16(20)14(18)10-12-5-3-2-4-6-12/h7-9,12,14H,2-6,10,18H2,1H3,(H,19,20). The van der Waals surface area contributed by atoms with Gasteiger partial charge < -0.3 is 11.1 Å². The number of amides is 1. The molecule has 0 bridgehead atoms. The first kappa shape index (κ1) is 15.0. The Hall–Kier alpha value is -1.42. The van der Waals surface area contributed by atoms with Crippen LogP contribution < -0.4 is 11.1 Å². The number of hydrogen-bond acceptors (Lipinski definition) is 2. The lowest BCUT2D eigenvalue weighted by molar-refractivity contribution is -0.117. The molecule has 1 fully saturated rings. The lowest BCUT2D eigenvalue weighted by Gasteiger charge is -2.24. The number of halogens is 1. The second-order valence-corrected chi connectivity index (χ2v) is 5.82. The van der Waals surface area contributed by atoms with E-state index in [1.807, 2.05) is 6.92 Å². The van der Waals surface area contributed by atoms with Crippen molar-refractivity contribution >= 4 is 11.6 Å². The number of nitrogens with two attached hydrogens (primary N) is 1. The zero-order chi connectivity index (χ0) is 14.5. The maximum absolute atomic E-state index is 13.6. The Balaban J connectivity index is 1.91. The van der Waals surface area contributed by atoms with Crippen LogP contribution in [0.3, 0.4) is 0 Å². The largest absolute Gasteiger partial charge is 0.322 e. The summed E-state index contributed by atoms with van der Waals surface area (Å²) in [4.78, 5) is 12.0. The smallest absolute Gasteiger partial charge is 0.241 e. The molecule has 1 amide bonds. The summed E-state index contributed by atoms with van der Waals surface area (Å²) in [5, 5.41) is 2.60. The van der Waals surface area contributed by atoms with Crippen molar-refractivity contribution in [3.8, 4) is 0 Å². The number of benzene rings is 1. The van der Waals surface area contributed by atoms with Gasteiger partial charge in [0.05, 0.1) is 11.7 Å². The summed E-state index contributed by atoms with van der Waals surface area (Å²) in [6, 6.07) is 4.10. The third-order valence-electron chi connectivity index (χ3n) is 4.03. The van der Waals surface area contributed by atoms with E-state index < -0.39 is 11.9 Å². The molecule has 0 saturated heterocycles. The van der Waals surface area contributed by atoms with Gasteiger partial charge in [-0.1, -0.05) is 38.2 Å². The van der Waals surface area contributed by atoms with Crippen LogP contribution in [0.25, 0.3) is 0 Å². The molecule has 0 radical (unpaired) electrons. The van der Waals surface area contributed by atoms with E-state index >= 15 is 0 Å². The van der Waals surface area contributed by atoms with Gasteiger partial charge >= 0.3 is 0 Å². The zero-order valence-electron chi connectivity index (χ0n) is 12.0. The van der Waals surface area contributed by atoms with Crippen molar-refractivity contribution in [3.05, 3.63) is 29.6 Å². The second kappa shape index (κ2) is 6.84. The van der Waals surface area contributed by atoms with Crippen LogP contribution in [0.2, 0.25) is 0 Å². The average molecular weight is 278 g/mol. The Labute approximate surface area is 119 Å². The van der Waals surface area contributed by atoms with Crippen LogP contribution in [0, 0.1) is 18.7 Å². The summed E-state index contributed by atoms with van der Waals surface area (Å²) >= 11 is 0. The molecule has 0 heterocycles. The van der Waals surface area contributed by atoms with E-state index in [4.69, 9.17) is 5.73 Å². The molecule has 0 spiro atoms. The highest BCUT2D eigenvalue weighted by Gasteiger charge is 2.21. The van der Waals surface area contributed by atoms with Crippen molar-refractivity contribution in [2.24, 2.45) is 11.7 Å². The van der Waals surface area contributed by atoms with Crippen molar-refractivity contribution in [3.63, 3.8) is 0 Å². The Bertz CT molecular complexity index is 470. The first-order chi connectivity index (χ1) is 9.56. The molecule has 1 aliphatic rings. The molecule has 110 valence electrons. The van der Waals surface area contributed by atoms with Gasteiger partial charge in [-0.3, -0.25) is 4.79 Å². The Morgan fingerprint density at radius 1 is 1.40 bits per heavy atom. The van der Waals surface area contributed by atoms with Gasteiger partial charge in [0, 0.05) is 0 Å². The predicted octanol–water partition coefficient (Wildman–Crippen LogP) is 3.37. The third kappa shape index (κ3) is 4.04. The molecule has 20 heavy (non-hydrogen) atoms. The van der Waals surface area contributed by atoms with E-state index in [9.17, 15) is 9.18 Å². The number of anilines is 1. The van der Waals surface area contributed by atoms with Crippen LogP contribution in [0.4, 0.5) is 10.1 Å². The van der Waals surface area contributed by atoms with Crippen LogP contribution in [0.1, 0.15) is 44.1 Å². The molecule has 1 aromatic rings. The van der Waals surface area contributed by atoms with E-state index in [0.29, 0.717) is 12.3 Å². The molecule has 3 nitrogen and oxygen atoms in total. The van der Waals surface area contributed by atoms with Gasteiger partial charge in [0.1, 0.15) is 5.82 Å². The molecule has 0 aliphatic heterocycles. The number of rotatable bonds is 4. The van der Waals surface area contributed by atoms with Crippen LogP contribution in [-0.2, 0) is 4.79 Å². The molecule has 1 unspecified atom stereocenters. The minimum absolute atomic E-state index is 0.217. The highest BCUT2D eigenvalue weighted by atomic mass is 19.1. The van der Waals surface area contributed by atoms with Crippen molar-refractivity contribution in [2.45, 2.75) is 51.5 Å². The fourth-order valence-corrected chi connectivity index (χ4v) is 2.85. The lowest BCUT2D eigenvalue weighted by atomic mass is 9.85. The van der Waals surface area contributed by atoms with Gasteiger partial charge in [-0.05, 0) is 37.0 Å². The summed E-state index contributed by atoms with van der Waals surface area (Å²) in [5.41, 5.74) is 7.07. The van der Waals surface area contributed by atoms with E-state index in [0.717, 1.165) is 18.4 Å². The van der Waals surface area contributed by atoms with Gasteiger partial charge in [0.15, 0.2) is 0 Å². The Morgan fingerprint density at radius 3 is 2.80 bits per heavy atom. The molecule has 1 aromatic carbocycles. The molecule has 1 aliphatic carbocycles. The highest BCUT2D eigenvalue weighted by Crippen LogP contribution is 2.27. The first-order valence-corrected chi connectivity index (χ1v) is 7.39. The number of carbonyl (C=O) groups is 1. The maximum Gasteiger partial charge on any atom is 0.241 e. The number of carbonyl (C=O) groups excluding carboxylic acids is 1. The molecule has 2 rings (SSSR count). The second-order valence-electron chi connectivity index (χ2n) is 5.82. The molecule has 4 heteroatoms. The summed E-state index contributed by atoms with van der Waals surface area (Å²) in [6.07, 6.45) is 6.74. The molecule has 0 aromatic heterocycles. The average Bonchev–Trinajstić information content (AvgIpc) is 2.44. The van der Waals surface area contributed by atoms with E-state index in [2.05, 4.69) is 5.32 Å². The summed E-state index contributed by atoms with van der Waals surface area (Å²) in [5.74, 6) is -0.180. The highest BCUT2D eigenvalue weighted by molar-refractivity contribution is 5.94. The van der Waals surface area contributed by atoms with Gasteiger partial charge in [0.25, 0.3) is 0 Å².